The number of halogens is 1. The van der Waals surface area contributed by atoms with Gasteiger partial charge in [-0.1, -0.05) is 23.7 Å². The van der Waals surface area contributed by atoms with Crippen LogP contribution in [0.2, 0.25) is 5.02 Å². The Bertz CT molecular complexity index is 842. The molecule has 136 valence electrons. The van der Waals surface area contributed by atoms with Crippen LogP contribution >= 0.6 is 11.6 Å². The van der Waals surface area contributed by atoms with Gasteiger partial charge >= 0.3 is 6.03 Å². The zero-order chi connectivity index (χ0) is 18.1. The van der Waals surface area contributed by atoms with E-state index in [9.17, 15) is 9.90 Å². The number of hydrogen-bond acceptors (Lipinski definition) is 4. The average Bonchev–Trinajstić information content (AvgIpc) is 2.84. The Morgan fingerprint density at radius 3 is 3.00 bits per heavy atom. The van der Waals surface area contributed by atoms with Gasteiger partial charge in [-0.2, -0.15) is 0 Å². The van der Waals surface area contributed by atoms with Gasteiger partial charge in [0.05, 0.1) is 30.8 Å². The molecule has 0 aliphatic carbocycles. The molecule has 2 N–H and O–H groups in total. The highest BCUT2D eigenvalue weighted by Gasteiger charge is 2.27. The zero-order valence-corrected chi connectivity index (χ0v) is 14.8. The van der Waals surface area contributed by atoms with E-state index >= 15 is 0 Å². The number of urea groups is 1. The molecule has 2 aromatic rings. The molecule has 2 heterocycles. The van der Waals surface area contributed by atoms with Crippen molar-refractivity contribution >= 4 is 17.6 Å². The quantitative estimate of drug-likeness (QED) is 0.801. The molecule has 6 nitrogen and oxygen atoms in total. The first kappa shape index (κ1) is 16.8. The lowest BCUT2D eigenvalue weighted by molar-refractivity contribution is 0.177. The van der Waals surface area contributed by atoms with Gasteiger partial charge in [-0.05, 0) is 18.2 Å². The summed E-state index contributed by atoms with van der Waals surface area (Å²) in [5, 5.41) is 13.2. The molecule has 0 radical (unpaired) electrons. The number of hydrogen-bond donors (Lipinski definition) is 2. The number of carbonyl (C=O) groups excluding carboxylic acids is 1. The summed E-state index contributed by atoms with van der Waals surface area (Å²) < 4.78 is 11.3. The van der Waals surface area contributed by atoms with Crippen LogP contribution in [0.4, 0.5) is 4.79 Å². The number of fused-ring (bicyclic) bond motifs is 2. The number of nitrogens with zero attached hydrogens (tertiary/aromatic N) is 1. The van der Waals surface area contributed by atoms with E-state index in [1.807, 2.05) is 12.1 Å². The van der Waals surface area contributed by atoms with Crippen molar-refractivity contribution in [3.05, 3.63) is 52.5 Å². The normalized spacial score (nSPS) is 18.7. The van der Waals surface area contributed by atoms with Gasteiger partial charge in [0.2, 0.25) is 0 Å². The first-order valence-electron chi connectivity index (χ1n) is 8.53. The number of nitrogens with one attached hydrogen (secondary N) is 1. The smallest absolute Gasteiger partial charge is 0.318 e. The van der Waals surface area contributed by atoms with Crippen LogP contribution in [0.1, 0.15) is 23.6 Å². The maximum atomic E-state index is 12.8. The van der Waals surface area contributed by atoms with Crippen LogP contribution in [0.25, 0.3) is 0 Å². The zero-order valence-electron chi connectivity index (χ0n) is 14.1. The van der Waals surface area contributed by atoms with Crippen LogP contribution in [0.3, 0.4) is 0 Å². The molecule has 0 aromatic heterocycles. The number of para-hydroxylation sites is 1. The van der Waals surface area contributed by atoms with Crippen LogP contribution in [-0.4, -0.2) is 35.8 Å². The third kappa shape index (κ3) is 3.24. The number of aromatic hydroxyl groups is 1. The predicted octanol–water partition coefficient (Wildman–Crippen LogP) is 3.47. The third-order valence-corrected chi connectivity index (χ3v) is 4.94. The Hall–Kier alpha value is -2.60. The largest absolute Gasteiger partial charge is 0.508 e. The van der Waals surface area contributed by atoms with Gasteiger partial charge in [0.25, 0.3) is 0 Å². The van der Waals surface area contributed by atoms with Gasteiger partial charge in [-0.3, -0.25) is 0 Å². The second-order valence-corrected chi connectivity index (χ2v) is 6.77. The fourth-order valence-electron chi connectivity index (χ4n) is 3.31. The molecular formula is C19H19ClN2O4. The van der Waals surface area contributed by atoms with Crippen molar-refractivity contribution in [2.24, 2.45) is 0 Å². The van der Waals surface area contributed by atoms with Crippen molar-refractivity contribution < 1.29 is 19.4 Å². The van der Waals surface area contributed by atoms with Gasteiger partial charge in [0.1, 0.15) is 23.9 Å². The van der Waals surface area contributed by atoms with E-state index < -0.39 is 0 Å². The van der Waals surface area contributed by atoms with Crippen molar-refractivity contribution in [2.45, 2.75) is 19.0 Å². The highest BCUT2D eigenvalue weighted by atomic mass is 35.5. The Kier molecular flexibility index (Phi) is 4.51. The number of rotatable bonds is 1. The molecule has 0 bridgehead atoms. The molecule has 2 aromatic carbocycles. The molecule has 2 aliphatic heterocycles. The van der Waals surface area contributed by atoms with E-state index in [0.717, 1.165) is 11.1 Å². The maximum Gasteiger partial charge on any atom is 0.318 e. The summed E-state index contributed by atoms with van der Waals surface area (Å²) in [6.45, 7) is 1.77. The molecule has 0 fully saturated rings. The van der Waals surface area contributed by atoms with E-state index in [0.29, 0.717) is 49.2 Å². The highest BCUT2D eigenvalue weighted by Crippen LogP contribution is 2.37. The lowest BCUT2D eigenvalue weighted by atomic mass is 10.0. The maximum absolute atomic E-state index is 12.8. The lowest BCUT2D eigenvalue weighted by Crippen LogP contribution is -2.43. The van der Waals surface area contributed by atoms with Gasteiger partial charge in [0, 0.05) is 23.6 Å². The van der Waals surface area contributed by atoms with Crippen LogP contribution in [-0.2, 0) is 6.54 Å². The van der Waals surface area contributed by atoms with E-state index in [1.165, 1.54) is 0 Å². The number of phenols is 1. The topological polar surface area (TPSA) is 71.0 Å². The number of carbonyl (C=O) groups is 1. The molecule has 2 amide bonds. The first-order valence-corrected chi connectivity index (χ1v) is 8.91. The second kappa shape index (κ2) is 6.96. The summed E-state index contributed by atoms with van der Waals surface area (Å²) in [5.74, 6) is 1.41. The Balaban J connectivity index is 1.51. The monoisotopic (exact) mass is 374 g/mol. The SMILES string of the molecule is O=C(NC1CCOc2c(Cl)cccc21)N1CCOc2cc(O)ccc2C1. The minimum absolute atomic E-state index is 0.145. The molecule has 1 atom stereocenters. The number of amides is 2. The molecule has 0 saturated heterocycles. The van der Waals surface area contributed by atoms with E-state index in [1.54, 1.807) is 29.2 Å². The van der Waals surface area contributed by atoms with Gasteiger partial charge in [-0.15, -0.1) is 0 Å². The average molecular weight is 375 g/mol. The Morgan fingerprint density at radius 2 is 2.12 bits per heavy atom. The summed E-state index contributed by atoms with van der Waals surface area (Å²) in [7, 11) is 0. The molecule has 26 heavy (non-hydrogen) atoms. The van der Waals surface area contributed by atoms with E-state index in [4.69, 9.17) is 21.1 Å². The molecule has 4 rings (SSSR count). The summed E-state index contributed by atoms with van der Waals surface area (Å²) in [5.41, 5.74) is 1.76. The summed E-state index contributed by atoms with van der Waals surface area (Å²) >= 11 is 6.20. The van der Waals surface area contributed by atoms with Crippen molar-refractivity contribution in [3.8, 4) is 17.2 Å². The number of ether oxygens (including phenoxy) is 2. The minimum Gasteiger partial charge on any atom is -0.508 e. The van der Waals surface area contributed by atoms with Gasteiger partial charge in [-0.25, -0.2) is 4.79 Å². The minimum atomic E-state index is -0.160. The predicted molar refractivity (Wildman–Crippen MR) is 96.8 cm³/mol. The standard InChI is InChI=1S/C19H19ClN2O4/c20-15-3-1-2-14-16(6-8-26-18(14)15)21-19(24)22-7-9-25-17-10-13(23)5-4-12(17)11-22/h1-5,10,16,23H,6-9,11H2,(H,21,24). The van der Waals surface area contributed by atoms with Crippen molar-refractivity contribution in [1.82, 2.24) is 10.2 Å². The van der Waals surface area contributed by atoms with Gasteiger partial charge < -0.3 is 24.8 Å². The van der Waals surface area contributed by atoms with E-state index in [-0.39, 0.29) is 17.8 Å². The number of benzene rings is 2. The number of phenolic OH excluding ortho intramolecular Hbond substituents is 1. The molecule has 7 heteroatoms. The first-order chi connectivity index (χ1) is 12.6. The van der Waals surface area contributed by atoms with Crippen LogP contribution < -0.4 is 14.8 Å². The van der Waals surface area contributed by atoms with Crippen LogP contribution in [0, 0.1) is 0 Å². The van der Waals surface area contributed by atoms with E-state index in [2.05, 4.69) is 5.32 Å². The molecule has 0 spiro atoms. The Morgan fingerprint density at radius 1 is 1.23 bits per heavy atom. The summed E-state index contributed by atoms with van der Waals surface area (Å²) in [6, 6.07) is 10.2. The lowest BCUT2D eigenvalue weighted by Gasteiger charge is -2.29. The third-order valence-electron chi connectivity index (χ3n) is 4.64. The fraction of sp³-hybridized carbons (Fsp3) is 0.316. The van der Waals surface area contributed by atoms with Gasteiger partial charge in [0.15, 0.2) is 0 Å². The summed E-state index contributed by atoms with van der Waals surface area (Å²) in [4.78, 5) is 14.5. The second-order valence-electron chi connectivity index (χ2n) is 6.36. The van der Waals surface area contributed by atoms with Crippen LogP contribution in [0.15, 0.2) is 36.4 Å². The van der Waals surface area contributed by atoms with Crippen molar-refractivity contribution in [3.63, 3.8) is 0 Å². The van der Waals surface area contributed by atoms with Crippen molar-refractivity contribution in [2.75, 3.05) is 19.8 Å². The van der Waals surface area contributed by atoms with Crippen molar-refractivity contribution in [1.29, 1.82) is 0 Å². The fourth-order valence-corrected chi connectivity index (χ4v) is 3.55. The van der Waals surface area contributed by atoms with Crippen LogP contribution in [0.5, 0.6) is 17.2 Å². The highest BCUT2D eigenvalue weighted by molar-refractivity contribution is 6.32. The molecule has 2 aliphatic rings. The molecular weight excluding hydrogens is 356 g/mol. The molecule has 1 unspecified atom stereocenters. The summed E-state index contributed by atoms with van der Waals surface area (Å²) in [6.07, 6.45) is 0.688. The Labute approximate surface area is 156 Å². The molecule has 0 saturated carbocycles.